The molecule has 0 unspecified atom stereocenters. The third-order valence-corrected chi connectivity index (χ3v) is 7.02. The second kappa shape index (κ2) is 10.0. The molecule has 166 valence electrons. The van der Waals surface area contributed by atoms with E-state index in [1.807, 2.05) is 0 Å². The number of piperazine rings is 1. The molecule has 1 aliphatic rings. The second-order valence-electron chi connectivity index (χ2n) is 7.08. The molecule has 3 rings (SSSR count). The maximum atomic E-state index is 13.8. The zero-order valence-electron chi connectivity index (χ0n) is 17.5. The molecule has 1 aliphatic heterocycles. The van der Waals surface area contributed by atoms with Gasteiger partial charge < -0.3 is 15.0 Å². The molecule has 1 fully saturated rings. The Morgan fingerprint density at radius 1 is 1.16 bits per heavy atom. The molecule has 1 saturated heterocycles. The fourth-order valence-electron chi connectivity index (χ4n) is 3.31. The fourth-order valence-corrected chi connectivity index (χ4v) is 4.78. The summed E-state index contributed by atoms with van der Waals surface area (Å²) in [6, 6.07) is 10.5. The molecule has 7 nitrogen and oxygen atoms in total. The number of amides is 1. The van der Waals surface area contributed by atoms with Crippen molar-refractivity contribution < 1.29 is 22.3 Å². The molecule has 0 saturated carbocycles. The Hall–Kier alpha value is -2.75. The summed E-state index contributed by atoms with van der Waals surface area (Å²) in [5.41, 5.74) is 0.861. The van der Waals surface area contributed by atoms with Crippen LogP contribution in [-0.4, -0.2) is 63.4 Å². The number of carbonyl (C=O) groups is 1. The summed E-state index contributed by atoms with van der Waals surface area (Å²) >= 11 is 0. The summed E-state index contributed by atoms with van der Waals surface area (Å²) in [6.07, 6.45) is 2.72. The molecule has 0 atom stereocenters. The van der Waals surface area contributed by atoms with Gasteiger partial charge in [-0.05, 0) is 48.5 Å². The molecule has 0 radical (unpaired) electrons. The van der Waals surface area contributed by atoms with Gasteiger partial charge in [0.1, 0.15) is 0 Å². The van der Waals surface area contributed by atoms with E-state index < -0.39 is 21.7 Å². The third-order valence-electron chi connectivity index (χ3n) is 5.12. The quantitative estimate of drug-likeness (QED) is 0.661. The molecule has 0 spiro atoms. The van der Waals surface area contributed by atoms with Gasteiger partial charge in [0.25, 0.3) is 0 Å². The van der Waals surface area contributed by atoms with Crippen LogP contribution in [0.4, 0.5) is 10.1 Å². The predicted octanol–water partition coefficient (Wildman–Crippen LogP) is 2.81. The zero-order valence-corrected chi connectivity index (χ0v) is 18.4. The number of likely N-dealkylation sites (N-methyl/N-ethyl adjacent to an activating group) is 1. The van der Waals surface area contributed by atoms with Gasteiger partial charge in [-0.2, -0.15) is 4.31 Å². The summed E-state index contributed by atoms with van der Waals surface area (Å²) in [7, 11) is -2.26. The maximum absolute atomic E-state index is 13.8. The van der Waals surface area contributed by atoms with Crippen LogP contribution in [0.15, 0.2) is 53.4 Å². The zero-order chi connectivity index (χ0) is 22.4. The van der Waals surface area contributed by atoms with Crippen molar-refractivity contribution in [2.45, 2.75) is 11.8 Å². The van der Waals surface area contributed by atoms with E-state index in [4.69, 9.17) is 4.74 Å². The van der Waals surface area contributed by atoms with Crippen molar-refractivity contribution in [2.24, 2.45) is 0 Å². The number of carbonyl (C=O) groups excluding carboxylic acids is 1. The Morgan fingerprint density at radius 3 is 2.55 bits per heavy atom. The van der Waals surface area contributed by atoms with Crippen LogP contribution in [0.2, 0.25) is 0 Å². The van der Waals surface area contributed by atoms with Gasteiger partial charge in [0.05, 0.1) is 12.0 Å². The first-order chi connectivity index (χ1) is 14.8. The fraction of sp³-hybridized carbons (Fsp3) is 0.318. The van der Waals surface area contributed by atoms with E-state index in [-0.39, 0.29) is 10.6 Å². The normalized spacial score (nSPS) is 15.8. The van der Waals surface area contributed by atoms with Crippen molar-refractivity contribution in [1.82, 2.24) is 9.21 Å². The first-order valence-electron chi connectivity index (χ1n) is 9.98. The second-order valence-corrected chi connectivity index (χ2v) is 9.02. The van der Waals surface area contributed by atoms with Crippen molar-refractivity contribution in [3.8, 4) is 5.75 Å². The number of nitrogens with one attached hydrogen (secondary N) is 1. The number of benzene rings is 2. The van der Waals surface area contributed by atoms with Crippen LogP contribution in [0.25, 0.3) is 6.08 Å². The van der Waals surface area contributed by atoms with Crippen molar-refractivity contribution >= 4 is 27.7 Å². The topological polar surface area (TPSA) is 79.0 Å². The first kappa shape index (κ1) is 22.9. The van der Waals surface area contributed by atoms with E-state index in [0.717, 1.165) is 6.54 Å². The molecule has 31 heavy (non-hydrogen) atoms. The van der Waals surface area contributed by atoms with E-state index in [1.54, 1.807) is 18.2 Å². The van der Waals surface area contributed by atoms with E-state index in [1.165, 1.54) is 47.8 Å². The number of anilines is 1. The minimum Gasteiger partial charge on any atom is -0.494 e. The van der Waals surface area contributed by atoms with Crippen LogP contribution in [0.3, 0.4) is 0 Å². The largest absolute Gasteiger partial charge is 0.494 e. The maximum Gasteiger partial charge on any atom is 0.248 e. The highest BCUT2D eigenvalue weighted by molar-refractivity contribution is 7.89. The van der Waals surface area contributed by atoms with E-state index in [0.29, 0.717) is 37.4 Å². The number of halogens is 1. The minimum atomic E-state index is -3.63. The summed E-state index contributed by atoms with van der Waals surface area (Å²) < 4.78 is 46.0. The molecule has 9 heteroatoms. The Morgan fingerprint density at radius 2 is 1.90 bits per heavy atom. The van der Waals surface area contributed by atoms with Gasteiger partial charge in [-0.3, -0.25) is 4.79 Å². The Labute approximate surface area is 182 Å². The van der Waals surface area contributed by atoms with Crippen LogP contribution < -0.4 is 10.1 Å². The van der Waals surface area contributed by atoms with Crippen molar-refractivity contribution in [2.75, 3.05) is 45.2 Å². The predicted molar refractivity (Wildman–Crippen MR) is 118 cm³/mol. The average Bonchev–Trinajstić information content (AvgIpc) is 2.78. The number of nitrogens with zero attached hydrogens (tertiary/aromatic N) is 2. The van der Waals surface area contributed by atoms with Crippen LogP contribution >= 0.6 is 0 Å². The lowest BCUT2D eigenvalue weighted by molar-refractivity contribution is -0.111. The lowest BCUT2D eigenvalue weighted by Crippen LogP contribution is -2.48. The van der Waals surface area contributed by atoms with Gasteiger partial charge in [-0.25, -0.2) is 12.8 Å². The first-order valence-corrected chi connectivity index (χ1v) is 11.4. The van der Waals surface area contributed by atoms with E-state index in [2.05, 4.69) is 17.1 Å². The Balaban J connectivity index is 1.67. The molecule has 2 aromatic carbocycles. The standard InChI is InChI=1S/C22H26FN3O4S/c1-3-25-11-13-26(14-12-25)31(28,29)19-6-4-5-18(16-19)24-22(27)10-8-17-7-9-21(30-2)20(23)15-17/h4-10,15-16H,3,11-14H2,1-2H3,(H,24,27)/b10-8+. The van der Waals surface area contributed by atoms with Crippen molar-refractivity contribution in [3.63, 3.8) is 0 Å². The summed E-state index contributed by atoms with van der Waals surface area (Å²) in [6.45, 7) is 5.22. The molecule has 0 bridgehead atoms. The highest BCUT2D eigenvalue weighted by atomic mass is 32.2. The van der Waals surface area contributed by atoms with E-state index in [9.17, 15) is 17.6 Å². The highest BCUT2D eigenvalue weighted by Gasteiger charge is 2.28. The molecular formula is C22H26FN3O4S. The molecule has 1 amide bonds. The van der Waals surface area contributed by atoms with Gasteiger partial charge in [-0.15, -0.1) is 0 Å². The molecule has 2 aromatic rings. The van der Waals surface area contributed by atoms with Crippen LogP contribution in [-0.2, 0) is 14.8 Å². The number of hydrogen-bond acceptors (Lipinski definition) is 5. The minimum absolute atomic E-state index is 0.121. The molecular weight excluding hydrogens is 421 g/mol. The van der Waals surface area contributed by atoms with Crippen LogP contribution in [0.5, 0.6) is 5.75 Å². The van der Waals surface area contributed by atoms with Crippen molar-refractivity contribution in [3.05, 3.63) is 59.9 Å². The summed E-state index contributed by atoms with van der Waals surface area (Å²) in [5.74, 6) is -0.860. The molecule has 0 aliphatic carbocycles. The average molecular weight is 448 g/mol. The highest BCUT2D eigenvalue weighted by Crippen LogP contribution is 2.21. The molecule has 0 aromatic heterocycles. The molecule has 1 N–H and O–H groups in total. The SMILES string of the molecule is CCN1CCN(S(=O)(=O)c2cccc(NC(=O)/C=C/c3ccc(OC)c(F)c3)c2)CC1. The van der Waals surface area contributed by atoms with Crippen molar-refractivity contribution in [1.29, 1.82) is 0 Å². The smallest absolute Gasteiger partial charge is 0.248 e. The van der Waals surface area contributed by atoms with Gasteiger partial charge in [0.2, 0.25) is 15.9 Å². The van der Waals surface area contributed by atoms with Gasteiger partial charge >= 0.3 is 0 Å². The number of ether oxygens (including phenoxy) is 1. The Bertz CT molecular complexity index is 1060. The summed E-state index contributed by atoms with van der Waals surface area (Å²) in [4.78, 5) is 14.6. The monoisotopic (exact) mass is 447 g/mol. The van der Waals surface area contributed by atoms with Crippen LogP contribution in [0, 0.1) is 5.82 Å². The number of methoxy groups -OCH3 is 1. The van der Waals surface area contributed by atoms with Gasteiger partial charge in [-0.1, -0.05) is 19.1 Å². The van der Waals surface area contributed by atoms with Gasteiger partial charge in [0, 0.05) is 37.9 Å². The third kappa shape index (κ3) is 5.69. The lowest BCUT2D eigenvalue weighted by atomic mass is 10.2. The van der Waals surface area contributed by atoms with Crippen LogP contribution in [0.1, 0.15) is 12.5 Å². The number of hydrogen-bond donors (Lipinski definition) is 1. The number of sulfonamides is 1. The van der Waals surface area contributed by atoms with E-state index >= 15 is 0 Å². The van der Waals surface area contributed by atoms with Gasteiger partial charge in [0.15, 0.2) is 11.6 Å². The lowest BCUT2D eigenvalue weighted by Gasteiger charge is -2.33. The Kier molecular flexibility index (Phi) is 7.42. The number of rotatable bonds is 7. The molecule has 1 heterocycles. The summed E-state index contributed by atoms with van der Waals surface area (Å²) in [5, 5.41) is 2.65.